The smallest absolute Gasteiger partial charge is 0.253 e. The van der Waals surface area contributed by atoms with Crippen molar-refractivity contribution in [1.29, 1.82) is 0 Å². The van der Waals surface area contributed by atoms with Gasteiger partial charge in [-0.05, 0) is 42.5 Å². The fourth-order valence-electron chi connectivity index (χ4n) is 3.86. The maximum atomic E-state index is 12.9. The normalized spacial score (nSPS) is 10.9. The summed E-state index contributed by atoms with van der Waals surface area (Å²) in [5.74, 6) is 0.843. The van der Waals surface area contributed by atoms with Crippen LogP contribution < -0.4 is 20.1 Å². The van der Waals surface area contributed by atoms with Crippen molar-refractivity contribution < 1.29 is 19.1 Å². The number of anilines is 1. The molecule has 2 heterocycles. The van der Waals surface area contributed by atoms with E-state index in [-0.39, 0.29) is 28.8 Å². The molecule has 3 aromatic carbocycles. The summed E-state index contributed by atoms with van der Waals surface area (Å²) < 4.78 is 13.7. The van der Waals surface area contributed by atoms with Crippen molar-refractivity contribution in [2.24, 2.45) is 0 Å². The Morgan fingerprint density at radius 2 is 1.85 bits per heavy atom. The maximum absolute atomic E-state index is 12.9. The van der Waals surface area contributed by atoms with Gasteiger partial charge in [0.25, 0.3) is 5.91 Å². The largest absolute Gasteiger partial charge is 0.497 e. The number of carbonyl (C=O) groups excluding carboxylic acids is 2. The average molecular weight is 630 g/mol. The predicted molar refractivity (Wildman–Crippen MR) is 161 cm³/mol. The minimum Gasteiger partial charge on any atom is -0.497 e. The Balaban J connectivity index is 1.39. The van der Waals surface area contributed by atoms with Gasteiger partial charge in [-0.25, -0.2) is 4.98 Å². The van der Waals surface area contributed by atoms with E-state index in [9.17, 15) is 9.59 Å². The standard InChI is InChI=1S/C27H22Cl2N6O4S2/c1-38-16-8-10-21(39-2)20(12-16)35-23(13-30-25(37)17-9-7-15(28)11-18(17)29)33-34-27(35)40-14-24(36)32-26-31-19-5-3-4-6-22(19)41-26/h3-12H,13-14H2,1-2H3,(H,30,37)(H,31,32,36). The van der Waals surface area contributed by atoms with E-state index in [1.807, 2.05) is 24.3 Å². The number of hydrogen-bond acceptors (Lipinski definition) is 9. The van der Waals surface area contributed by atoms with Crippen molar-refractivity contribution in [2.45, 2.75) is 11.7 Å². The van der Waals surface area contributed by atoms with Crippen LogP contribution in [0.2, 0.25) is 10.0 Å². The van der Waals surface area contributed by atoms with E-state index in [0.29, 0.717) is 38.3 Å². The van der Waals surface area contributed by atoms with Gasteiger partial charge in [0.1, 0.15) is 11.5 Å². The summed E-state index contributed by atoms with van der Waals surface area (Å²) >= 11 is 14.7. The Morgan fingerprint density at radius 1 is 1.02 bits per heavy atom. The van der Waals surface area contributed by atoms with Gasteiger partial charge in [0.2, 0.25) is 5.91 Å². The van der Waals surface area contributed by atoms with Gasteiger partial charge in [-0.1, -0.05) is 58.4 Å². The van der Waals surface area contributed by atoms with Gasteiger partial charge >= 0.3 is 0 Å². The number of thioether (sulfide) groups is 1. The molecule has 0 radical (unpaired) electrons. The molecule has 0 atom stereocenters. The molecule has 2 N–H and O–H groups in total. The number of para-hydroxylation sites is 1. The number of carbonyl (C=O) groups is 2. The zero-order chi connectivity index (χ0) is 28.9. The molecule has 5 rings (SSSR count). The van der Waals surface area contributed by atoms with Crippen LogP contribution in [0.3, 0.4) is 0 Å². The van der Waals surface area contributed by atoms with Gasteiger partial charge in [0, 0.05) is 11.1 Å². The summed E-state index contributed by atoms with van der Waals surface area (Å²) in [7, 11) is 3.09. The highest BCUT2D eigenvalue weighted by Crippen LogP contribution is 2.32. The third kappa shape index (κ3) is 6.57. The van der Waals surface area contributed by atoms with Crippen LogP contribution in [-0.2, 0) is 11.3 Å². The lowest BCUT2D eigenvalue weighted by Gasteiger charge is -2.15. The Hall–Kier alpha value is -3.84. The first-order chi connectivity index (χ1) is 19.9. The molecule has 0 spiro atoms. The number of halogens is 2. The summed E-state index contributed by atoms with van der Waals surface area (Å²) in [5, 5.41) is 15.8. The minimum atomic E-state index is -0.414. The van der Waals surface area contributed by atoms with Crippen molar-refractivity contribution in [1.82, 2.24) is 25.1 Å². The van der Waals surface area contributed by atoms with Crippen molar-refractivity contribution in [3.05, 3.63) is 82.1 Å². The number of hydrogen-bond donors (Lipinski definition) is 2. The lowest BCUT2D eigenvalue weighted by atomic mass is 10.2. The van der Waals surface area contributed by atoms with E-state index in [0.717, 1.165) is 10.2 Å². The van der Waals surface area contributed by atoms with Gasteiger partial charge in [0.15, 0.2) is 16.1 Å². The van der Waals surface area contributed by atoms with Crippen LogP contribution in [0.5, 0.6) is 11.5 Å². The van der Waals surface area contributed by atoms with Gasteiger partial charge in [0.05, 0.1) is 53.0 Å². The van der Waals surface area contributed by atoms with Crippen LogP contribution in [0.1, 0.15) is 16.2 Å². The van der Waals surface area contributed by atoms with Crippen molar-refractivity contribution in [3.63, 3.8) is 0 Å². The van der Waals surface area contributed by atoms with Crippen LogP contribution in [0.4, 0.5) is 5.13 Å². The van der Waals surface area contributed by atoms with E-state index >= 15 is 0 Å². The number of aromatic nitrogens is 4. The summed E-state index contributed by atoms with van der Waals surface area (Å²) in [6.45, 7) is 0.00359. The molecule has 0 unspecified atom stereocenters. The molecular formula is C27H22Cl2N6O4S2. The molecule has 0 saturated carbocycles. The molecule has 5 aromatic rings. The zero-order valence-electron chi connectivity index (χ0n) is 21.7. The van der Waals surface area contributed by atoms with E-state index < -0.39 is 5.91 Å². The van der Waals surface area contributed by atoms with E-state index in [1.165, 1.54) is 36.3 Å². The van der Waals surface area contributed by atoms with E-state index in [1.54, 1.807) is 42.0 Å². The number of fused-ring (bicyclic) bond motifs is 1. The number of methoxy groups -OCH3 is 2. The molecule has 0 aliphatic carbocycles. The predicted octanol–water partition coefficient (Wildman–Crippen LogP) is 5.86. The summed E-state index contributed by atoms with van der Waals surface area (Å²) in [6, 6.07) is 17.5. The number of ether oxygens (including phenoxy) is 2. The number of nitrogens with zero attached hydrogens (tertiary/aromatic N) is 4. The Bertz CT molecular complexity index is 1710. The van der Waals surface area contributed by atoms with E-state index in [4.69, 9.17) is 32.7 Å². The molecule has 10 nitrogen and oxygen atoms in total. The Kier molecular flexibility index (Phi) is 8.93. The van der Waals surface area contributed by atoms with Crippen LogP contribution in [-0.4, -0.2) is 51.5 Å². The molecule has 0 saturated heterocycles. The highest BCUT2D eigenvalue weighted by atomic mass is 35.5. The maximum Gasteiger partial charge on any atom is 0.253 e. The Morgan fingerprint density at radius 3 is 2.61 bits per heavy atom. The van der Waals surface area contributed by atoms with Crippen molar-refractivity contribution in [3.8, 4) is 17.2 Å². The lowest BCUT2D eigenvalue weighted by molar-refractivity contribution is -0.113. The molecule has 0 bridgehead atoms. The van der Waals surface area contributed by atoms with Gasteiger partial charge in [-0.15, -0.1) is 10.2 Å². The van der Waals surface area contributed by atoms with E-state index in [2.05, 4.69) is 25.8 Å². The monoisotopic (exact) mass is 628 g/mol. The molecule has 41 heavy (non-hydrogen) atoms. The van der Waals surface area contributed by atoms with Crippen LogP contribution in [0, 0.1) is 0 Å². The first kappa shape index (κ1) is 28.7. The number of nitrogens with one attached hydrogen (secondary N) is 2. The average Bonchev–Trinajstić information content (AvgIpc) is 3.57. The van der Waals surface area contributed by atoms with Crippen LogP contribution in [0.25, 0.3) is 15.9 Å². The highest BCUT2D eigenvalue weighted by Gasteiger charge is 2.21. The van der Waals surface area contributed by atoms with Crippen molar-refractivity contribution in [2.75, 3.05) is 25.3 Å². The summed E-state index contributed by atoms with van der Waals surface area (Å²) in [6.07, 6.45) is 0. The molecule has 0 aliphatic rings. The number of thiazole rings is 1. The number of benzene rings is 3. The summed E-state index contributed by atoms with van der Waals surface area (Å²) in [5.41, 5.74) is 1.65. The molecule has 14 heteroatoms. The van der Waals surface area contributed by atoms with Gasteiger partial charge < -0.3 is 20.1 Å². The third-order valence-electron chi connectivity index (χ3n) is 5.78. The lowest BCUT2D eigenvalue weighted by Crippen LogP contribution is -2.25. The number of amides is 2. The summed E-state index contributed by atoms with van der Waals surface area (Å²) in [4.78, 5) is 30.2. The fourth-order valence-corrected chi connectivity index (χ4v) is 6.00. The second-order valence-electron chi connectivity index (χ2n) is 8.40. The van der Waals surface area contributed by atoms with Gasteiger partial charge in [-0.3, -0.25) is 14.2 Å². The fraction of sp³-hybridized carbons (Fsp3) is 0.148. The molecule has 2 aromatic heterocycles. The molecule has 0 fully saturated rings. The third-order valence-corrected chi connectivity index (χ3v) is 8.21. The van der Waals surface area contributed by atoms with Crippen LogP contribution in [0.15, 0.2) is 65.8 Å². The molecule has 210 valence electrons. The van der Waals surface area contributed by atoms with Crippen molar-refractivity contribution >= 4 is 73.5 Å². The first-order valence-corrected chi connectivity index (χ1v) is 14.6. The topological polar surface area (TPSA) is 120 Å². The Labute approximate surface area is 253 Å². The number of rotatable bonds is 10. The highest BCUT2D eigenvalue weighted by molar-refractivity contribution is 7.99. The zero-order valence-corrected chi connectivity index (χ0v) is 24.8. The molecule has 2 amide bonds. The molecule has 0 aliphatic heterocycles. The minimum absolute atomic E-state index is 0.00359. The second-order valence-corrected chi connectivity index (χ2v) is 11.2. The molecular weight excluding hydrogens is 607 g/mol. The second kappa shape index (κ2) is 12.8. The van der Waals surface area contributed by atoms with Crippen LogP contribution >= 0.6 is 46.3 Å². The van der Waals surface area contributed by atoms with Gasteiger partial charge in [-0.2, -0.15) is 0 Å². The SMILES string of the molecule is COc1ccc(OC)c(-n2c(CNC(=O)c3ccc(Cl)cc3Cl)nnc2SCC(=O)Nc2nc3ccccc3s2)c1. The quantitative estimate of drug-likeness (QED) is 0.184. The first-order valence-electron chi connectivity index (χ1n) is 12.0.